The van der Waals surface area contributed by atoms with Crippen molar-refractivity contribution in [2.75, 3.05) is 0 Å². The van der Waals surface area contributed by atoms with Gasteiger partial charge in [0.15, 0.2) is 0 Å². The third-order valence-corrected chi connectivity index (χ3v) is 4.00. The summed E-state index contributed by atoms with van der Waals surface area (Å²) in [4.78, 5) is 24.4. The second-order valence-corrected chi connectivity index (χ2v) is 5.40. The average Bonchev–Trinajstić information content (AvgIpc) is 3.07. The van der Waals surface area contributed by atoms with E-state index in [-0.39, 0.29) is 17.3 Å². The average molecular weight is 303 g/mol. The van der Waals surface area contributed by atoms with Crippen LogP contribution >= 0.6 is 0 Å². The van der Waals surface area contributed by atoms with E-state index < -0.39 is 0 Å². The molecule has 23 heavy (non-hydrogen) atoms. The van der Waals surface area contributed by atoms with E-state index in [0.717, 1.165) is 16.3 Å². The first kappa shape index (κ1) is 13.5. The van der Waals surface area contributed by atoms with Crippen molar-refractivity contribution in [2.24, 2.45) is 0 Å². The van der Waals surface area contributed by atoms with Gasteiger partial charge >= 0.3 is 0 Å². The van der Waals surface area contributed by atoms with Crippen molar-refractivity contribution in [3.05, 3.63) is 77.3 Å². The predicted octanol–water partition coefficient (Wildman–Crippen LogP) is 2.62. The quantitative estimate of drug-likeness (QED) is 0.780. The summed E-state index contributed by atoms with van der Waals surface area (Å²) in [5.41, 5.74) is 1.95. The van der Waals surface area contributed by atoms with E-state index in [1.54, 1.807) is 0 Å². The molecule has 0 radical (unpaired) electrons. The van der Waals surface area contributed by atoms with Crippen molar-refractivity contribution >= 4 is 22.3 Å². The Hall–Kier alpha value is -3.21. The molecule has 112 valence electrons. The van der Waals surface area contributed by atoms with Crippen molar-refractivity contribution in [3.63, 3.8) is 0 Å². The predicted molar refractivity (Wildman–Crippen MR) is 86.1 cm³/mol. The van der Waals surface area contributed by atoms with Crippen LogP contribution in [0.1, 0.15) is 26.4 Å². The van der Waals surface area contributed by atoms with Gasteiger partial charge < -0.3 is 5.32 Å². The molecule has 0 amide bonds. The van der Waals surface area contributed by atoms with Crippen LogP contribution in [0, 0.1) is 0 Å². The van der Waals surface area contributed by atoms with Gasteiger partial charge in [0.1, 0.15) is 5.69 Å². The maximum Gasteiger partial charge on any atom is 0.212 e. The highest BCUT2D eigenvalue weighted by molar-refractivity contribution is 6.23. The Labute approximate surface area is 132 Å². The number of aromatic amines is 1. The number of ketones is 2. The van der Waals surface area contributed by atoms with E-state index in [4.69, 9.17) is 0 Å². The van der Waals surface area contributed by atoms with Gasteiger partial charge in [0.25, 0.3) is 0 Å². The van der Waals surface area contributed by atoms with Crippen LogP contribution in [-0.4, -0.2) is 21.8 Å². The molecular weight excluding hydrogens is 290 g/mol. The van der Waals surface area contributed by atoms with E-state index in [2.05, 4.69) is 15.5 Å². The maximum atomic E-state index is 12.4. The van der Waals surface area contributed by atoms with Gasteiger partial charge in [-0.1, -0.05) is 42.5 Å². The van der Waals surface area contributed by atoms with Gasteiger partial charge in [-0.3, -0.25) is 14.7 Å². The molecule has 4 rings (SSSR count). The minimum Gasteiger partial charge on any atom is -0.378 e. The summed E-state index contributed by atoms with van der Waals surface area (Å²) < 4.78 is 0. The van der Waals surface area contributed by atoms with Crippen molar-refractivity contribution in [2.45, 2.75) is 6.54 Å². The van der Waals surface area contributed by atoms with Crippen LogP contribution in [0.2, 0.25) is 0 Å². The Balaban J connectivity index is 1.62. The van der Waals surface area contributed by atoms with Crippen LogP contribution < -0.4 is 5.32 Å². The Bertz CT molecular complexity index is 964. The number of H-pyrrole nitrogens is 1. The summed E-state index contributed by atoms with van der Waals surface area (Å²) in [5.74, 6) is -0.453. The molecule has 5 nitrogen and oxygen atoms in total. The zero-order valence-corrected chi connectivity index (χ0v) is 12.2. The molecule has 0 unspecified atom stereocenters. The third-order valence-electron chi connectivity index (χ3n) is 4.00. The number of rotatable bonds is 3. The molecule has 2 aromatic carbocycles. The highest BCUT2D eigenvalue weighted by Crippen LogP contribution is 2.21. The van der Waals surface area contributed by atoms with Crippen LogP contribution in [-0.2, 0) is 6.54 Å². The number of hydrogen-bond acceptors (Lipinski definition) is 4. The van der Waals surface area contributed by atoms with Crippen molar-refractivity contribution in [1.29, 1.82) is 0 Å². The molecule has 1 aromatic heterocycles. The number of benzene rings is 2. The van der Waals surface area contributed by atoms with Crippen LogP contribution in [0.25, 0.3) is 10.8 Å². The molecule has 1 aliphatic rings. The second-order valence-electron chi connectivity index (χ2n) is 5.40. The lowest BCUT2D eigenvalue weighted by Crippen LogP contribution is -2.26. The fraction of sp³-hybridized carbons (Fsp3) is 0.0556. The molecule has 5 heteroatoms. The van der Waals surface area contributed by atoms with Gasteiger partial charge in [-0.2, -0.15) is 5.10 Å². The van der Waals surface area contributed by atoms with Gasteiger partial charge in [-0.25, -0.2) is 0 Å². The fourth-order valence-corrected chi connectivity index (χ4v) is 2.83. The number of nitrogens with one attached hydrogen (secondary N) is 2. The summed E-state index contributed by atoms with van der Waals surface area (Å²) in [5, 5.41) is 11.7. The highest BCUT2D eigenvalue weighted by Gasteiger charge is 2.27. The standard InChI is InChI=1S/C18H13N3O2/c22-16-8-15(18(23)14-10-20-21-17(14)16)19-9-12-6-3-5-11-4-1-2-7-13(11)12/h1-8,10,19H,9H2,(H,20,21). The molecule has 0 spiro atoms. The van der Waals surface area contributed by atoms with Crippen molar-refractivity contribution in [1.82, 2.24) is 15.5 Å². The van der Waals surface area contributed by atoms with E-state index in [9.17, 15) is 9.59 Å². The number of fused-ring (bicyclic) bond motifs is 2. The summed E-state index contributed by atoms with van der Waals surface area (Å²) in [6.45, 7) is 0.472. The smallest absolute Gasteiger partial charge is 0.212 e. The molecule has 1 aliphatic carbocycles. The minimum atomic E-state index is -0.238. The molecular formula is C18H13N3O2. The molecule has 0 atom stereocenters. The molecule has 0 bridgehead atoms. The molecule has 3 aromatic rings. The number of carbonyl (C=O) groups excluding carboxylic acids is 2. The van der Waals surface area contributed by atoms with E-state index >= 15 is 0 Å². The van der Waals surface area contributed by atoms with Crippen LogP contribution in [0.5, 0.6) is 0 Å². The van der Waals surface area contributed by atoms with Crippen LogP contribution in [0.15, 0.2) is 60.4 Å². The first-order valence-electron chi connectivity index (χ1n) is 7.28. The lowest BCUT2D eigenvalue weighted by molar-refractivity contribution is 0.0976. The fourth-order valence-electron chi connectivity index (χ4n) is 2.83. The summed E-state index contributed by atoms with van der Waals surface area (Å²) >= 11 is 0. The second kappa shape index (κ2) is 5.21. The van der Waals surface area contributed by atoms with Gasteiger partial charge in [0.05, 0.1) is 17.5 Å². The number of aromatic nitrogens is 2. The van der Waals surface area contributed by atoms with Crippen LogP contribution in [0.4, 0.5) is 0 Å². The number of nitrogens with zero attached hydrogens (tertiary/aromatic N) is 1. The number of carbonyl (C=O) groups is 2. The van der Waals surface area contributed by atoms with Gasteiger partial charge in [-0.05, 0) is 16.3 Å². The number of allylic oxidation sites excluding steroid dienone is 2. The minimum absolute atomic E-state index is 0.214. The first-order chi connectivity index (χ1) is 11.2. The highest BCUT2D eigenvalue weighted by atomic mass is 16.1. The maximum absolute atomic E-state index is 12.4. The van der Waals surface area contributed by atoms with Crippen molar-refractivity contribution in [3.8, 4) is 0 Å². The van der Waals surface area contributed by atoms with Crippen LogP contribution in [0.3, 0.4) is 0 Å². The molecule has 0 saturated heterocycles. The Kier molecular flexibility index (Phi) is 3.05. The molecule has 2 N–H and O–H groups in total. The Morgan fingerprint density at radius 3 is 2.78 bits per heavy atom. The van der Waals surface area contributed by atoms with Gasteiger partial charge in [0, 0.05) is 12.6 Å². The van der Waals surface area contributed by atoms with Crippen molar-refractivity contribution < 1.29 is 9.59 Å². The topological polar surface area (TPSA) is 74.8 Å². The van der Waals surface area contributed by atoms with E-state index in [0.29, 0.717) is 17.8 Å². The third kappa shape index (κ3) is 2.23. The van der Waals surface area contributed by atoms with E-state index in [1.807, 2.05) is 42.5 Å². The molecule has 0 aliphatic heterocycles. The molecule has 1 heterocycles. The Morgan fingerprint density at radius 1 is 1.04 bits per heavy atom. The molecule has 0 saturated carbocycles. The van der Waals surface area contributed by atoms with E-state index in [1.165, 1.54) is 12.3 Å². The SMILES string of the molecule is O=C1C(NCc2cccc3ccccc23)=CC(=O)c2[nH]ncc21. The summed E-state index contributed by atoms with van der Waals surface area (Å²) in [6, 6.07) is 14.1. The number of Topliss-reactive ketones (excluding diaryl/α,β-unsaturated/α-hetero) is 1. The molecule has 0 fully saturated rings. The van der Waals surface area contributed by atoms with Gasteiger partial charge in [0.2, 0.25) is 11.6 Å². The lowest BCUT2D eigenvalue weighted by Gasteiger charge is -2.14. The Morgan fingerprint density at radius 2 is 1.87 bits per heavy atom. The zero-order chi connectivity index (χ0) is 15.8. The zero-order valence-electron chi connectivity index (χ0n) is 12.2. The monoisotopic (exact) mass is 303 g/mol. The first-order valence-corrected chi connectivity index (χ1v) is 7.28. The summed E-state index contributed by atoms with van der Waals surface area (Å²) in [7, 11) is 0. The normalized spacial score (nSPS) is 13.8. The van der Waals surface area contributed by atoms with Gasteiger partial charge in [-0.15, -0.1) is 0 Å². The number of hydrogen-bond donors (Lipinski definition) is 2. The summed E-state index contributed by atoms with van der Waals surface area (Å²) in [6.07, 6.45) is 2.72. The lowest BCUT2D eigenvalue weighted by atomic mass is 9.99. The largest absolute Gasteiger partial charge is 0.378 e.